The molecule has 0 spiro atoms. The van der Waals surface area contributed by atoms with Gasteiger partial charge in [0.25, 0.3) is 0 Å². The van der Waals surface area contributed by atoms with E-state index in [4.69, 9.17) is 0 Å². The summed E-state index contributed by atoms with van der Waals surface area (Å²) in [6, 6.07) is 8.97. The first kappa shape index (κ1) is 13.2. The van der Waals surface area contributed by atoms with Crippen LogP contribution in [-0.2, 0) is 10.1 Å². The second-order valence-corrected chi connectivity index (χ2v) is 5.01. The number of aromatic nitrogens is 1. The topological polar surface area (TPSA) is 94.5 Å². The van der Waals surface area contributed by atoms with Crippen molar-refractivity contribution in [1.82, 2.24) is 4.98 Å². The molecule has 2 aromatic rings. The fourth-order valence-corrected chi connectivity index (χ4v) is 1.80. The highest BCUT2D eigenvalue weighted by Crippen LogP contribution is 2.13. The monoisotopic (exact) mass is 276 g/mol. The second kappa shape index (κ2) is 5.59. The van der Waals surface area contributed by atoms with E-state index in [1.807, 2.05) is 0 Å². The number of anilines is 1. The summed E-state index contributed by atoms with van der Waals surface area (Å²) in [6.07, 6.45) is 4.89. The highest BCUT2D eigenvalue weighted by Gasteiger charge is 1.99. The van der Waals surface area contributed by atoms with E-state index in [2.05, 4.69) is 15.5 Å². The molecule has 6 nitrogen and oxygen atoms in total. The van der Waals surface area contributed by atoms with Gasteiger partial charge in [-0.05, 0) is 42.0 Å². The summed E-state index contributed by atoms with van der Waals surface area (Å²) in [5.41, 5.74) is 4.18. The number of benzene rings is 1. The summed E-state index contributed by atoms with van der Waals surface area (Å²) in [6.45, 7) is 0. The summed E-state index contributed by atoms with van der Waals surface area (Å²) in [5, 5.41) is 3.97. The van der Waals surface area contributed by atoms with E-state index in [0.29, 0.717) is 5.69 Å². The number of hydrogen-bond acceptors (Lipinski definition) is 6. The molecular weight excluding hydrogens is 266 g/mol. The Morgan fingerprint density at radius 2 is 1.74 bits per heavy atom. The van der Waals surface area contributed by atoms with Gasteiger partial charge in [-0.25, -0.2) is 8.42 Å². The average molecular weight is 276 g/mol. The van der Waals surface area contributed by atoms with Crippen molar-refractivity contribution >= 4 is 22.0 Å². The van der Waals surface area contributed by atoms with Crippen molar-refractivity contribution in [2.45, 2.75) is 4.90 Å². The number of nitrogens with one attached hydrogen (secondary N) is 1. The molecule has 0 fully saturated rings. The normalized spacial score (nSPS) is 11.6. The van der Waals surface area contributed by atoms with E-state index in [1.165, 1.54) is 24.3 Å². The Morgan fingerprint density at radius 3 is 2.32 bits per heavy atom. The first-order chi connectivity index (χ1) is 9.05. The molecule has 98 valence electrons. The maximum absolute atomic E-state index is 10.7. The Kier molecular flexibility index (Phi) is 3.88. The Hall–Kier alpha value is -2.25. The molecule has 1 aromatic carbocycles. The van der Waals surface area contributed by atoms with E-state index in [0.717, 1.165) is 5.56 Å². The van der Waals surface area contributed by atoms with E-state index < -0.39 is 10.1 Å². The van der Waals surface area contributed by atoms with Crippen molar-refractivity contribution in [2.24, 2.45) is 5.10 Å². The molecule has 19 heavy (non-hydrogen) atoms. The van der Waals surface area contributed by atoms with Crippen LogP contribution in [0.4, 0.5) is 5.69 Å². The molecule has 0 atom stereocenters. The van der Waals surface area contributed by atoms with Crippen LogP contribution in [0.3, 0.4) is 0 Å². The second-order valence-electron chi connectivity index (χ2n) is 3.63. The summed E-state index contributed by atoms with van der Waals surface area (Å²) in [5.74, 6) is 0. The van der Waals surface area contributed by atoms with Crippen LogP contribution in [0.25, 0.3) is 0 Å². The highest BCUT2D eigenvalue weighted by molar-refractivity contribution is 7.85. The SMILES string of the molecule is O=S(=O)([O-])c1ccc(N/N=C\c2ccncc2)cc1. The molecule has 2 rings (SSSR count). The Bertz CT molecular complexity index is 667. The summed E-state index contributed by atoms with van der Waals surface area (Å²) in [4.78, 5) is 3.61. The van der Waals surface area contributed by atoms with Gasteiger partial charge in [-0.1, -0.05) is 0 Å². The molecule has 0 aliphatic carbocycles. The Balaban J connectivity index is 2.03. The molecule has 0 bridgehead atoms. The Labute approximate surface area is 110 Å². The quantitative estimate of drug-likeness (QED) is 0.518. The van der Waals surface area contributed by atoms with E-state index in [9.17, 15) is 13.0 Å². The largest absolute Gasteiger partial charge is 0.744 e. The maximum Gasteiger partial charge on any atom is 0.124 e. The maximum atomic E-state index is 10.7. The third kappa shape index (κ3) is 3.87. The number of pyridine rings is 1. The standard InChI is InChI=1S/C12H11N3O3S/c16-19(17,18)12-3-1-11(2-4-12)15-14-9-10-5-7-13-8-6-10/h1-9,15H,(H,16,17,18)/p-1/b14-9-. The van der Waals surface area contributed by atoms with E-state index in [1.54, 1.807) is 30.7 Å². The van der Waals surface area contributed by atoms with Crippen LogP contribution in [0.5, 0.6) is 0 Å². The fraction of sp³-hybridized carbons (Fsp3) is 0. The molecule has 0 unspecified atom stereocenters. The van der Waals surface area contributed by atoms with Gasteiger partial charge in [0.2, 0.25) is 0 Å². The van der Waals surface area contributed by atoms with Crippen molar-refractivity contribution in [1.29, 1.82) is 0 Å². The molecule has 0 saturated heterocycles. The lowest BCUT2D eigenvalue weighted by Crippen LogP contribution is -1.98. The van der Waals surface area contributed by atoms with E-state index in [-0.39, 0.29) is 4.90 Å². The first-order valence-corrected chi connectivity index (χ1v) is 6.71. The predicted molar refractivity (Wildman–Crippen MR) is 69.9 cm³/mol. The zero-order valence-corrected chi connectivity index (χ0v) is 10.5. The van der Waals surface area contributed by atoms with Crippen LogP contribution in [0.1, 0.15) is 5.56 Å². The van der Waals surface area contributed by atoms with Gasteiger partial charge < -0.3 is 4.55 Å². The highest BCUT2D eigenvalue weighted by atomic mass is 32.2. The minimum Gasteiger partial charge on any atom is -0.744 e. The number of nitrogens with zero attached hydrogens (tertiary/aromatic N) is 2. The minimum absolute atomic E-state index is 0.267. The van der Waals surface area contributed by atoms with Crippen LogP contribution >= 0.6 is 0 Å². The van der Waals surface area contributed by atoms with Crippen LogP contribution in [-0.4, -0.2) is 24.2 Å². The summed E-state index contributed by atoms with van der Waals surface area (Å²) in [7, 11) is -4.41. The van der Waals surface area contributed by atoms with E-state index >= 15 is 0 Å². The van der Waals surface area contributed by atoms with Crippen LogP contribution in [0.2, 0.25) is 0 Å². The lowest BCUT2D eigenvalue weighted by atomic mass is 10.3. The van der Waals surface area contributed by atoms with Crippen molar-refractivity contribution in [2.75, 3.05) is 5.43 Å². The lowest BCUT2D eigenvalue weighted by molar-refractivity contribution is 0.463. The van der Waals surface area contributed by atoms with Gasteiger partial charge in [0, 0.05) is 12.4 Å². The molecule has 1 heterocycles. The molecule has 0 radical (unpaired) electrons. The molecule has 7 heteroatoms. The fourth-order valence-electron chi connectivity index (χ4n) is 1.33. The smallest absolute Gasteiger partial charge is 0.124 e. The predicted octanol–water partition coefficient (Wildman–Crippen LogP) is 1.43. The third-order valence-electron chi connectivity index (χ3n) is 2.26. The Morgan fingerprint density at radius 1 is 1.11 bits per heavy atom. The molecule has 1 aromatic heterocycles. The van der Waals surface area contributed by atoms with Crippen molar-refractivity contribution in [3.8, 4) is 0 Å². The lowest BCUT2D eigenvalue weighted by Gasteiger charge is -2.07. The molecule has 0 aliphatic rings. The molecule has 0 amide bonds. The minimum atomic E-state index is -4.41. The van der Waals surface area contributed by atoms with Gasteiger partial charge in [-0.2, -0.15) is 5.10 Å². The number of rotatable bonds is 4. The first-order valence-electron chi connectivity index (χ1n) is 5.31. The summed E-state index contributed by atoms with van der Waals surface area (Å²) < 4.78 is 32.2. The zero-order chi connectivity index (χ0) is 13.7. The van der Waals surface area contributed by atoms with Crippen molar-refractivity contribution < 1.29 is 13.0 Å². The number of hydrogen-bond donors (Lipinski definition) is 1. The van der Waals surface area contributed by atoms with Gasteiger partial charge in [0.1, 0.15) is 10.1 Å². The van der Waals surface area contributed by atoms with Crippen molar-refractivity contribution in [3.05, 3.63) is 54.4 Å². The molecule has 1 N–H and O–H groups in total. The molecule has 0 aliphatic heterocycles. The number of hydrazone groups is 1. The van der Waals surface area contributed by atoms with Crippen LogP contribution in [0.15, 0.2) is 58.8 Å². The molecule has 0 saturated carbocycles. The van der Waals surface area contributed by atoms with Gasteiger partial charge in [-0.3, -0.25) is 10.4 Å². The third-order valence-corrected chi connectivity index (χ3v) is 3.11. The van der Waals surface area contributed by atoms with Gasteiger partial charge in [0.15, 0.2) is 0 Å². The zero-order valence-electron chi connectivity index (χ0n) is 9.72. The van der Waals surface area contributed by atoms with Gasteiger partial charge >= 0.3 is 0 Å². The van der Waals surface area contributed by atoms with Crippen LogP contribution < -0.4 is 5.43 Å². The summed E-state index contributed by atoms with van der Waals surface area (Å²) >= 11 is 0. The van der Waals surface area contributed by atoms with Crippen molar-refractivity contribution in [3.63, 3.8) is 0 Å². The van der Waals surface area contributed by atoms with Gasteiger partial charge in [-0.15, -0.1) is 0 Å². The molecular formula is C12H10N3O3S-. The van der Waals surface area contributed by atoms with Gasteiger partial charge in [0.05, 0.1) is 16.8 Å². The van der Waals surface area contributed by atoms with Crippen LogP contribution in [0, 0.1) is 0 Å². The average Bonchev–Trinajstić information content (AvgIpc) is 2.39.